The Kier molecular flexibility index (Phi) is 4.84. The van der Waals surface area contributed by atoms with Crippen LogP contribution in [0.15, 0.2) is 52.4 Å². The smallest absolute Gasteiger partial charge is 0.272 e. The lowest BCUT2D eigenvalue weighted by atomic mass is 10.2. The first-order valence-corrected chi connectivity index (χ1v) is 7.94. The van der Waals surface area contributed by atoms with E-state index in [1.54, 1.807) is 26.3 Å². The molecule has 0 atom stereocenters. The van der Waals surface area contributed by atoms with Gasteiger partial charge < -0.3 is 15.0 Å². The number of ether oxygens (including phenoxy) is 1. The third-order valence-corrected chi connectivity index (χ3v) is 4.08. The number of fused-ring (bicyclic) bond motifs is 1. The van der Waals surface area contributed by atoms with Gasteiger partial charge in [0.1, 0.15) is 11.2 Å². The van der Waals surface area contributed by atoms with E-state index in [0.717, 1.165) is 5.57 Å². The first kappa shape index (κ1) is 17.4. The molecule has 0 bridgehead atoms. The van der Waals surface area contributed by atoms with Crippen LogP contribution in [0.1, 0.15) is 5.69 Å². The maximum absolute atomic E-state index is 12.1. The Bertz CT molecular complexity index is 1190. The Morgan fingerprint density at radius 1 is 1.50 bits per heavy atom. The summed E-state index contributed by atoms with van der Waals surface area (Å²) in [6.07, 6.45) is 7.13. The van der Waals surface area contributed by atoms with Crippen molar-refractivity contribution in [2.45, 2.75) is 6.54 Å². The quantitative estimate of drug-likeness (QED) is 0.770. The number of allylic oxidation sites excluding steroid dienone is 4. The van der Waals surface area contributed by atoms with E-state index in [4.69, 9.17) is 10.5 Å². The van der Waals surface area contributed by atoms with Gasteiger partial charge in [-0.1, -0.05) is 12.7 Å². The molecule has 0 unspecified atom stereocenters. The van der Waals surface area contributed by atoms with Crippen molar-refractivity contribution >= 4 is 17.5 Å². The SMILES string of the molecule is C=C(C1=CC=c2c(=O)[nH]nc(CN)c2=C=C1)n1ccc(OC)cc1=NC. The zero-order valence-corrected chi connectivity index (χ0v) is 14.6. The third kappa shape index (κ3) is 3.09. The number of nitrogens with one attached hydrogen (secondary N) is 1. The molecule has 2 aromatic heterocycles. The molecule has 0 spiro atoms. The number of aromatic amines is 1. The van der Waals surface area contributed by atoms with E-state index in [1.165, 1.54) is 0 Å². The molecule has 7 heteroatoms. The standard InChI is InChI=1S/C19H19N5O2/c1-12(24-9-8-14(26-3)10-18(24)21-2)13-4-6-15-16(7-5-13)19(25)23-22-17(15)11-20/h4-5,7-10H,1,11,20H2,2-3H3,(H,23,25). The first-order chi connectivity index (χ1) is 12.6. The molecule has 26 heavy (non-hydrogen) atoms. The minimum Gasteiger partial charge on any atom is -0.497 e. The molecule has 0 saturated heterocycles. The Balaban J connectivity index is 2.17. The average Bonchev–Trinajstić information content (AvgIpc) is 2.91. The molecule has 1 aliphatic rings. The summed E-state index contributed by atoms with van der Waals surface area (Å²) in [5.74, 6) is 0.704. The zero-order valence-electron chi connectivity index (χ0n) is 14.6. The van der Waals surface area contributed by atoms with E-state index >= 15 is 0 Å². The van der Waals surface area contributed by atoms with Crippen molar-refractivity contribution in [3.05, 3.63) is 74.6 Å². The highest BCUT2D eigenvalue weighted by molar-refractivity contribution is 5.72. The van der Waals surface area contributed by atoms with Crippen LogP contribution in [0.2, 0.25) is 0 Å². The largest absolute Gasteiger partial charge is 0.497 e. The predicted molar refractivity (Wildman–Crippen MR) is 100 cm³/mol. The maximum Gasteiger partial charge on any atom is 0.272 e. The number of rotatable bonds is 4. The number of pyridine rings is 1. The lowest BCUT2D eigenvalue weighted by molar-refractivity contribution is 0.413. The predicted octanol–water partition coefficient (Wildman–Crippen LogP) is -0.604. The van der Waals surface area contributed by atoms with Gasteiger partial charge >= 0.3 is 0 Å². The molecule has 0 aliphatic heterocycles. The number of methoxy groups -OCH3 is 1. The summed E-state index contributed by atoms with van der Waals surface area (Å²) in [5, 5.41) is 7.50. The second-order valence-electron chi connectivity index (χ2n) is 5.53. The summed E-state index contributed by atoms with van der Waals surface area (Å²) in [5.41, 5.74) is 11.3. The van der Waals surface area contributed by atoms with Gasteiger partial charge in [-0.25, -0.2) is 5.10 Å². The fourth-order valence-electron chi connectivity index (χ4n) is 2.66. The summed E-state index contributed by atoms with van der Waals surface area (Å²) in [6.45, 7) is 4.36. The van der Waals surface area contributed by atoms with Gasteiger partial charge in [-0.2, -0.15) is 5.10 Å². The van der Waals surface area contributed by atoms with Crippen molar-refractivity contribution in [3.8, 4) is 5.75 Å². The summed E-state index contributed by atoms with van der Waals surface area (Å²) in [6, 6.07) is 3.64. The first-order valence-electron chi connectivity index (χ1n) is 7.94. The van der Waals surface area contributed by atoms with Crippen molar-refractivity contribution < 1.29 is 4.74 Å². The molecule has 132 valence electrons. The van der Waals surface area contributed by atoms with Crippen molar-refractivity contribution in [2.75, 3.05) is 14.2 Å². The molecule has 3 rings (SSSR count). The molecule has 7 nitrogen and oxygen atoms in total. The van der Waals surface area contributed by atoms with E-state index < -0.39 is 0 Å². The number of nitrogens with two attached hydrogens (primary N) is 1. The van der Waals surface area contributed by atoms with E-state index in [-0.39, 0.29) is 12.1 Å². The van der Waals surface area contributed by atoms with Crippen LogP contribution in [0, 0.1) is 0 Å². The summed E-state index contributed by atoms with van der Waals surface area (Å²) in [7, 11) is 3.30. The second-order valence-corrected chi connectivity index (χ2v) is 5.53. The Morgan fingerprint density at radius 3 is 3.00 bits per heavy atom. The van der Waals surface area contributed by atoms with Gasteiger partial charge in [0.25, 0.3) is 5.56 Å². The van der Waals surface area contributed by atoms with Gasteiger partial charge in [-0.3, -0.25) is 9.79 Å². The van der Waals surface area contributed by atoms with E-state index in [2.05, 4.69) is 27.5 Å². The minimum atomic E-state index is -0.289. The molecular formula is C19H19N5O2. The number of hydrogen-bond donors (Lipinski definition) is 2. The van der Waals surface area contributed by atoms with Crippen molar-refractivity contribution in [2.24, 2.45) is 10.7 Å². The average molecular weight is 349 g/mol. The summed E-state index contributed by atoms with van der Waals surface area (Å²) >= 11 is 0. The van der Waals surface area contributed by atoms with Crippen LogP contribution < -0.4 is 32.0 Å². The number of hydrogen-bond acceptors (Lipinski definition) is 5. The Hall–Kier alpha value is -3.41. The molecule has 0 amide bonds. The van der Waals surface area contributed by atoms with Crippen LogP contribution in [-0.4, -0.2) is 28.9 Å². The molecular weight excluding hydrogens is 330 g/mol. The van der Waals surface area contributed by atoms with Crippen LogP contribution >= 0.6 is 0 Å². The fraction of sp³-hybridized carbons (Fsp3) is 0.158. The molecule has 0 radical (unpaired) electrons. The summed E-state index contributed by atoms with van der Waals surface area (Å²) in [4.78, 5) is 16.3. The Labute approximate surface area is 149 Å². The van der Waals surface area contributed by atoms with Gasteiger partial charge in [0, 0.05) is 37.1 Å². The molecule has 2 heterocycles. The second kappa shape index (κ2) is 7.23. The van der Waals surface area contributed by atoms with Crippen LogP contribution in [-0.2, 0) is 6.54 Å². The van der Waals surface area contributed by atoms with Crippen molar-refractivity contribution in [1.29, 1.82) is 0 Å². The van der Waals surface area contributed by atoms with Crippen LogP contribution in [0.5, 0.6) is 5.75 Å². The highest BCUT2D eigenvalue weighted by atomic mass is 16.5. The number of H-pyrrole nitrogens is 1. The van der Waals surface area contributed by atoms with Crippen molar-refractivity contribution in [1.82, 2.24) is 14.8 Å². The van der Waals surface area contributed by atoms with Crippen LogP contribution in [0.3, 0.4) is 0 Å². The van der Waals surface area contributed by atoms with Gasteiger partial charge in [-0.05, 0) is 18.2 Å². The normalized spacial score (nSPS) is 13.2. The number of aromatic nitrogens is 3. The van der Waals surface area contributed by atoms with Crippen molar-refractivity contribution in [3.63, 3.8) is 0 Å². The maximum atomic E-state index is 12.1. The minimum absolute atomic E-state index is 0.205. The molecule has 0 saturated carbocycles. The molecule has 2 aromatic rings. The van der Waals surface area contributed by atoms with E-state index in [1.807, 2.05) is 29.0 Å². The van der Waals surface area contributed by atoms with Gasteiger partial charge in [0.2, 0.25) is 0 Å². The van der Waals surface area contributed by atoms with Crippen LogP contribution in [0.25, 0.3) is 17.5 Å². The molecule has 3 N–H and O–H groups in total. The van der Waals surface area contributed by atoms with E-state index in [0.29, 0.717) is 33.1 Å². The lowest BCUT2D eigenvalue weighted by Gasteiger charge is -2.12. The topological polar surface area (TPSA) is 98.3 Å². The third-order valence-electron chi connectivity index (χ3n) is 4.08. The van der Waals surface area contributed by atoms with Gasteiger partial charge in [-0.15, -0.1) is 5.73 Å². The number of nitrogens with zero attached hydrogens (tertiary/aromatic N) is 3. The molecule has 0 fully saturated rings. The van der Waals surface area contributed by atoms with Gasteiger partial charge in [0.15, 0.2) is 0 Å². The zero-order chi connectivity index (χ0) is 18.7. The monoisotopic (exact) mass is 349 g/mol. The molecule has 1 aliphatic carbocycles. The Morgan fingerprint density at radius 2 is 2.31 bits per heavy atom. The summed E-state index contributed by atoms with van der Waals surface area (Å²) < 4.78 is 7.07. The van der Waals surface area contributed by atoms with Crippen LogP contribution in [0.4, 0.5) is 0 Å². The van der Waals surface area contributed by atoms with E-state index in [9.17, 15) is 4.79 Å². The lowest BCUT2D eigenvalue weighted by Crippen LogP contribution is -2.44. The molecule has 0 aromatic carbocycles. The highest BCUT2D eigenvalue weighted by Gasteiger charge is 2.07. The highest BCUT2D eigenvalue weighted by Crippen LogP contribution is 2.15. The fourth-order valence-corrected chi connectivity index (χ4v) is 2.66. The van der Waals surface area contributed by atoms with Gasteiger partial charge in [0.05, 0.1) is 23.2 Å².